The van der Waals surface area contributed by atoms with Crippen molar-refractivity contribution in [3.05, 3.63) is 68.8 Å². The average Bonchev–Trinajstić information content (AvgIpc) is 2.47. The summed E-state index contributed by atoms with van der Waals surface area (Å²) in [5, 5.41) is 13.4. The minimum Gasteiger partial charge on any atom is -0.322 e. The van der Waals surface area contributed by atoms with Crippen LogP contribution >= 0.6 is 0 Å². The molecule has 0 saturated carbocycles. The van der Waals surface area contributed by atoms with Crippen LogP contribution in [-0.2, 0) is 6.18 Å². The van der Waals surface area contributed by atoms with E-state index < -0.39 is 22.6 Å². The fraction of sp³-hybridized carbons (Fsp3) is 0.188. The van der Waals surface area contributed by atoms with E-state index >= 15 is 0 Å². The number of nitrogens with zero attached hydrogens (tertiary/aromatic N) is 1. The molecule has 0 saturated heterocycles. The summed E-state index contributed by atoms with van der Waals surface area (Å²) < 4.78 is 38.7. The van der Waals surface area contributed by atoms with Gasteiger partial charge in [-0.2, -0.15) is 13.2 Å². The van der Waals surface area contributed by atoms with E-state index in [4.69, 9.17) is 0 Å². The van der Waals surface area contributed by atoms with Gasteiger partial charge in [0.1, 0.15) is 5.56 Å². The molecular formula is C16H13F3N2O3. The van der Waals surface area contributed by atoms with Gasteiger partial charge in [0.2, 0.25) is 0 Å². The van der Waals surface area contributed by atoms with Crippen LogP contribution in [0, 0.1) is 24.0 Å². The maximum absolute atomic E-state index is 12.9. The Morgan fingerprint density at radius 1 is 1.12 bits per heavy atom. The van der Waals surface area contributed by atoms with Crippen LogP contribution < -0.4 is 5.32 Å². The summed E-state index contributed by atoms with van der Waals surface area (Å²) >= 11 is 0. The number of nitrogens with one attached hydrogen (secondary N) is 1. The molecule has 0 aromatic heterocycles. The number of alkyl halides is 3. The van der Waals surface area contributed by atoms with Crippen molar-refractivity contribution in [1.29, 1.82) is 0 Å². The number of anilines is 1. The summed E-state index contributed by atoms with van der Waals surface area (Å²) in [5.74, 6) is -0.845. The lowest BCUT2D eigenvalue weighted by atomic mass is 10.1. The number of benzene rings is 2. The molecule has 2 aromatic carbocycles. The van der Waals surface area contributed by atoms with Crippen LogP contribution in [0.1, 0.15) is 27.0 Å². The van der Waals surface area contributed by atoms with Crippen LogP contribution in [-0.4, -0.2) is 10.8 Å². The molecule has 0 bridgehead atoms. The molecule has 126 valence electrons. The molecule has 5 nitrogen and oxygen atoms in total. The molecule has 0 aliphatic carbocycles. The van der Waals surface area contributed by atoms with Gasteiger partial charge in [0.05, 0.1) is 10.5 Å². The number of halogens is 3. The molecule has 2 aromatic rings. The molecule has 24 heavy (non-hydrogen) atoms. The molecular weight excluding hydrogens is 325 g/mol. The van der Waals surface area contributed by atoms with Crippen LogP contribution in [0.5, 0.6) is 0 Å². The van der Waals surface area contributed by atoms with Crippen molar-refractivity contribution >= 4 is 17.3 Å². The summed E-state index contributed by atoms with van der Waals surface area (Å²) in [4.78, 5) is 22.7. The van der Waals surface area contributed by atoms with Crippen LogP contribution in [0.3, 0.4) is 0 Å². The van der Waals surface area contributed by atoms with E-state index in [1.165, 1.54) is 44.2 Å². The lowest BCUT2D eigenvalue weighted by Gasteiger charge is -2.13. The Kier molecular flexibility index (Phi) is 4.59. The van der Waals surface area contributed by atoms with Gasteiger partial charge in [-0.3, -0.25) is 14.9 Å². The minimum absolute atomic E-state index is 0.0158. The number of hydrogen-bond acceptors (Lipinski definition) is 3. The van der Waals surface area contributed by atoms with Crippen molar-refractivity contribution in [2.45, 2.75) is 20.0 Å². The number of hydrogen-bond donors (Lipinski definition) is 1. The fourth-order valence-corrected chi connectivity index (χ4v) is 2.29. The second-order valence-corrected chi connectivity index (χ2v) is 5.21. The predicted molar refractivity (Wildman–Crippen MR) is 82.0 cm³/mol. The third-order valence-electron chi connectivity index (χ3n) is 3.47. The number of para-hydroxylation sites is 1. The standard InChI is InChI=1S/C16H13F3N2O3/c1-9-6-7-11(8-13(9)16(17,18)19)20-15(22)12-5-3-4-10(2)14(12)21(23)24/h3-8H,1-2H3,(H,20,22). The van der Waals surface area contributed by atoms with Gasteiger partial charge < -0.3 is 5.32 Å². The molecule has 0 atom stereocenters. The van der Waals surface area contributed by atoms with E-state index in [1.54, 1.807) is 0 Å². The van der Waals surface area contributed by atoms with Crippen LogP contribution in [0.4, 0.5) is 24.5 Å². The molecule has 0 spiro atoms. The van der Waals surface area contributed by atoms with Crippen molar-refractivity contribution in [1.82, 2.24) is 0 Å². The predicted octanol–water partition coefficient (Wildman–Crippen LogP) is 4.48. The summed E-state index contributed by atoms with van der Waals surface area (Å²) in [6.45, 7) is 2.78. The molecule has 0 radical (unpaired) electrons. The van der Waals surface area contributed by atoms with Gasteiger partial charge in [-0.15, -0.1) is 0 Å². The largest absolute Gasteiger partial charge is 0.416 e. The Labute approximate surface area is 135 Å². The van der Waals surface area contributed by atoms with Gasteiger partial charge in [-0.05, 0) is 37.6 Å². The third-order valence-corrected chi connectivity index (χ3v) is 3.47. The Balaban J connectivity index is 2.38. The Hall–Kier alpha value is -2.90. The van der Waals surface area contributed by atoms with Gasteiger partial charge in [-0.1, -0.05) is 18.2 Å². The first kappa shape index (κ1) is 17.5. The molecule has 0 aliphatic rings. The highest BCUT2D eigenvalue weighted by Crippen LogP contribution is 2.33. The zero-order valence-corrected chi connectivity index (χ0v) is 12.8. The van der Waals surface area contributed by atoms with Gasteiger partial charge in [0.25, 0.3) is 11.6 Å². The first-order valence-corrected chi connectivity index (χ1v) is 6.84. The highest BCUT2D eigenvalue weighted by molar-refractivity contribution is 6.07. The number of carbonyl (C=O) groups is 1. The number of nitro benzene ring substituents is 1. The number of rotatable bonds is 3. The molecule has 0 fully saturated rings. The van der Waals surface area contributed by atoms with Gasteiger partial charge in [0.15, 0.2) is 0 Å². The van der Waals surface area contributed by atoms with Crippen LogP contribution in [0.25, 0.3) is 0 Å². The molecule has 2 rings (SSSR count). The Bertz CT molecular complexity index is 817. The highest BCUT2D eigenvalue weighted by atomic mass is 19.4. The highest BCUT2D eigenvalue weighted by Gasteiger charge is 2.32. The van der Waals surface area contributed by atoms with Gasteiger partial charge in [-0.25, -0.2) is 0 Å². The molecule has 1 amide bonds. The fourth-order valence-electron chi connectivity index (χ4n) is 2.29. The van der Waals surface area contributed by atoms with E-state index in [2.05, 4.69) is 5.32 Å². The molecule has 8 heteroatoms. The first-order chi connectivity index (χ1) is 11.1. The molecule has 0 unspecified atom stereocenters. The van der Waals surface area contributed by atoms with Crippen LogP contribution in [0.2, 0.25) is 0 Å². The Morgan fingerprint density at radius 3 is 2.38 bits per heavy atom. The van der Waals surface area contributed by atoms with E-state index in [1.807, 2.05) is 0 Å². The average molecular weight is 338 g/mol. The second kappa shape index (κ2) is 6.31. The van der Waals surface area contributed by atoms with E-state index in [9.17, 15) is 28.1 Å². The zero-order chi connectivity index (χ0) is 18.1. The number of amides is 1. The van der Waals surface area contributed by atoms with Gasteiger partial charge in [0, 0.05) is 11.3 Å². The third kappa shape index (κ3) is 3.53. The maximum Gasteiger partial charge on any atom is 0.416 e. The Morgan fingerprint density at radius 2 is 1.79 bits per heavy atom. The maximum atomic E-state index is 12.9. The molecule has 0 aliphatic heterocycles. The van der Waals surface area contributed by atoms with Crippen molar-refractivity contribution < 1.29 is 22.9 Å². The first-order valence-electron chi connectivity index (χ1n) is 6.84. The normalized spacial score (nSPS) is 11.2. The zero-order valence-electron chi connectivity index (χ0n) is 12.8. The van der Waals surface area contributed by atoms with Gasteiger partial charge >= 0.3 is 6.18 Å². The van der Waals surface area contributed by atoms with Crippen molar-refractivity contribution in [3.8, 4) is 0 Å². The summed E-state index contributed by atoms with van der Waals surface area (Å²) in [6.07, 6.45) is -4.56. The van der Waals surface area contributed by atoms with E-state index in [0.717, 1.165) is 6.07 Å². The minimum atomic E-state index is -4.56. The second-order valence-electron chi connectivity index (χ2n) is 5.21. The lowest BCUT2D eigenvalue weighted by Crippen LogP contribution is -2.16. The number of carbonyl (C=O) groups excluding carboxylic acids is 1. The van der Waals surface area contributed by atoms with Crippen molar-refractivity contribution in [2.24, 2.45) is 0 Å². The monoisotopic (exact) mass is 338 g/mol. The molecule has 0 heterocycles. The number of aryl methyl sites for hydroxylation is 2. The smallest absolute Gasteiger partial charge is 0.322 e. The lowest BCUT2D eigenvalue weighted by molar-refractivity contribution is -0.385. The number of nitro groups is 1. The van der Waals surface area contributed by atoms with Crippen LogP contribution in [0.15, 0.2) is 36.4 Å². The van der Waals surface area contributed by atoms with E-state index in [-0.39, 0.29) is 28.1 Å². The van der Waals surface area contributed by atoms with Crippen molar-refractivity contribution in [3.63, 3.8) is 0 Å². The SMILES string of the molecule is Cc1ccc(NC(=O)c2cccc(C)c2[N+](=O)[O-])cc1C(F)(F)F. The quantitative estimate of drug-likeness (QED) is 0.662. The topological polar surface area (TPSA) is 72.2 Å². The summed E-state index contributed by atoms with van der Waals surface area (Å²) in [7, 11) is 0. The summed E-state index contributed by atoms with van der Waals surface area (Å²) in [5.41, 5.74) is -1.25. The van der Waals surface area contributed by atoms with E-state index in [0.29, 0.717) is 0 Å². The van der Waals surface area contributed by atoms with Crippen molar-refractivity contribution in [2.75, 3.05) is 5.32 Å². The molecule has 1 N–H and O–H groups in total. The summed E-state index contributed by atoms with van der Waals surface area (Å²) in [6, 6.07) is 7.53.